The van der Waals surface area contributed by atoms with Crippen LogP contribution in [0, 0.1) is 0 Å². The van der Waals surface area contributed by atoms with Gasteiger partial charge in [-0.15, -0.1) is 0 Å². The summed E-state index contributed by atoms with van der Waals surface area (Å²) in [6.45, 7) is 0.387. The Morgan fingerprint density at radius 3 is 2.49 bits per heavy atom. The number of carbonyl (C=O) groups excluding carboxylic acids is 1. The smallest absolute Gasteiger partial charge is 0.338 e. The zero-order chi connectivity index (χ0) is 28.3. The van der Waals surface area contributed by atoms with Crippen LogP contribution < -0.4 is 10.2 Å². The molecule has 2 unspecified atom stereocenters. The Kier molecular flexibility index (Phi) is 5.84. The number of aromatic nitrogens is 3. The van der Waals surface area contributed by atoms with E-state index in [2.05, 4.69) is 15.2 Å². The van der Waals surface area contributed by atoms with Crippen molar-refractivity contribution in [2.75, 3.05) is 17.3 Å². The molecule has 4 aromatic rings. The first-order chi connectivity index (χ1) is 19.8. The highest BCUT2D eigenvalue weighted by Crippen LogP contribution is 2.43. The summed E-state index contributed by atoms with van der Waals surface area (Å²) in [6, 6.07) is 19.8. The highest BCUT2D eigenvalue weighted by atomic mass is 19.4. The molecule has 0 radical (unpaired) electrons. The maximum Gasteiger partial charge on any atom is 0.417 e. The molecule has 2 aromatic heterocycles. The van der Waals surface area contributed by atoms with Crippen molar-refractivity contribution >= 4 is 29.2 Å². The molecular formula is C30H26F3N7O. The van der Waals surface area contributed by atoms with Crippen molar-refractivity contribution in [2.24, 2.45) is 4.99 Å². The molecule has 2 atom stereocenters. The van der Waals surface area contributed by atoms with E-state index in [0.717, 1.165) is 48.6 Å². The van der Waals surface area contributed by atoms with Crippen LogP contribution in [0.4, 0.5) is 30.5 Å². The molecule has 7 rings (SSSR count). The number of carbonyl (C=O) groups is 1. The lowest BCUT2D eigenvalue weighted by Crippen LogP contribution is -2.52. The fourth-order valence-electron chi connectivity index (χ4n) is 5.93. The van der Waals surface area contributed by atoms with Crippen molar-refractivity contribution in [3.63, 3.8) is 0 Å². The molecule has 1 aliphatic carbocycles. The zero-order valence-corrected chi connectivity index (χ0v) is 22.1. The van der Waals surface area contributed by atoms with Gasteiger partial charge in [-0.05, 0) is 49.1 Å². The van der Waals surface area contributed by atoms with Crippen molar-refractivity contribution < 1.29 is 18.0 Å². The van der Waals surface area contributed by atoms with Crippen LogP contribution in [0.3, 0.4) is 0 Å². The molecule has 0 saturated heterocycles. The molecule has 3 aliphatic rings. The van der Waals surface area contributed by atoms with Crippen molar-refractivity contribution in [1.29, 1.82) is 0 Å². The molecule has 41 heavy (non-hydrogen) atoms. The van der Waals surface area contributed by atoms with Crippen LogP contribution in [0.15, 0.2) is 77.9 Å². The van der Waals surface area contributed by atoms with Crippen molar-refractivity contribution in [1.82, 2.24) is 19.7 Å². The largest absolute Gasteiger partial charge is 0.417 e. The van der Waals surface area contributed by atoms with Gasteiger partial charge in [-0.25, -0.2) is 9.67 Å². The number of hydrogen-bond donors (Lipinski definition) is 1. The standard InChI is InChI=1S/C30H26F3N7O/c1-38-28(41)25-26(35-21-6-3-2-4-7-21)37-39(27(25)40-24-9-5-8-23(24)36-29(38)40)17-18-10-12-19(13-11-18)22-15-14-20(16-34-22)30(31,32)33/h2-4,6-7,10-16,23-24H,5,8-9,17H2,1H3,(H,35,37). The number of rotatable bonds is 5. The number of para-hydroxylation sites is 1. The van der Waals surface area contributed by atoms with Gasteiger partial charge < -0.3 is 5.32 Å². The molecule has 1 saturated carbocycles. The lowest BCUT2D eigenvalue weighted by atomic mass is 10.1. The van der Waals surface area contributed by atoms with Gasteiger partial charge in [0.15, 0.2) is 5.82 Å². The molecule has 0 spiro atoms. The average molecular weight is 558 g/mol. The third kappa shape index (κ3) is 4.32. The van der Waals surface area contributed by atoms with Gasteiger partial charge in [0.25, 0.3) is 5.91 Å². The Bertz CT molecular complexity index is 1650. The minimum Gasteiger partial charge on any atom is -0.338 e. The first-order valence-corrected chi connectivity index (χ1v) is 13.5. The Labute approximate surface area is 234 Å². The summed E-state index contributed by atoms with van der Waals surface area (Å²) in [5.41, 5.74) is 2.63. The normalized spacial score (nSPS) is 19.6. The third-order valence-corrected chi connectivity index (χ3v) is 7.95. The summed E-state index contributed by atoms with van der Waals surface area (Å²) >= 11 is 0. The summed E-state index contributed by atoms with van der Waals surface area (Å²) in [6.07, 6.45) is -0.523. The fourth-order valence-corrected chi connectivity index (χ4v) is 5.93. The summed E-state index contributed by atoms with van der Waals surface area (Å²) in [5, 5.41) is 8.24. The molecule has 11 heteroatoms. The molecule has 1 N–H and O–H groups in total. The molecular weight excluding hydrogens is 531 g/mol. The number of benzene rings is 2. The molecule has 1 amide bonds. The number of nitrogens with one attached hydrogen (secondary N) is 1. The van der Waals surface area contributed by atoms with E-state index in [1.807, 2.05) is 59.3 Å². The molecule has 2 aliphatic heterocycles. The number of nitrogens with zero attached hydrogens (tertiary/aromatic N) is 6. The van der Waals surface area contributed by atoms with Gasteiger partial charge in [-0.2, -0.15) is 18.3 Å². The lowest BCUT2D eigenvalue weighted by molar-refractivity contribution is -0.137. The summed E-state index contributed by atoms with van der Waals surface area (Å²) in [4.78, 5) is 26.4. The number of fused-ring (bicyclic) bond motifs is 5. The van der Waals surface area contributed by atoms with Crippen LogP contribution in [-0.4, -0.2) is 50.7 Å². The quantitative estimate of drug-likeness (QED) is 0.329. The molecule has 2 aromatic carbocycles. The summed E-state index contributed by atoms with van der Waals surface area (Å²) in [7, 11) is 1.76. The van der Waals surface area contributed by atoms with E-state index in [-0.39, 0.29) is 18.0 Å². The first kappa shape index (κ1) is 25.3. The van der Waals surface area contributed by atoms with E-state index in [9.17, 15) is 18.0 Å². The highest BCUT2D eigenvalue weighted by Gasteiger charge is 2.49. The summed E-state index contributed by atoms with van der Waals surface area (Å²) < 4.78 is 40.7. The Morgan fingerprint density at radius 2 is 1.78 bits per heavy atom. The molecule has 208 valence electrons. The topological polar surface area (TPSA) is 78.7 Å². The number of aliphatic imine (C=N–C) groups is 1. The van der Waals surface area contributed by atoms with Gasteiger partial charge in [0.2, 0.25) is 5.96 Å². The monoisotopic (exact) mass is 557 g/mol. The number of alkyl halides is 3. The van der Waals surface area contributed by atoms with E-state index < -0.39 is 11.7 Å². The van der Waals surface area contributed by atoms with Gasteiger partial charge in [0, 0.05) is 24.5 Å². The van der Waals surface area contributed by atoms with E-state index >= 15 is 0 Å². The first-order valence-electron chi connectivity index (χ1n) is 13.5. The third-order valence-electron chi connectivity index (χ3n) is 7.95. The summed E-state index contributed by atoms with van der Waals surface area (Å²) in [5.74, 6) is 1.71. The average Bonchev–Trinajstić information content (AvgIpc) is 3.66. The number of pyridine rings is 1. The van der Waals surface area contributed by atoms with Crippen LogP contribution in [0.2, 0.25) is 0 Å². The predicted molar refractivity (Wildman–Crippen MR) is 149 cm³/mol. The lowest BCUT2D eigenvalue weighted by Gasteiger charge is -2.35. The minimum atomic E-state index is -4.43. The number of anilines is 3. The van der Waals surface area contributed by atoms with Gasteiger partial charge in [-0.1, -0.05) is 42.5 Å². The van der Waals surface area contributed by atoms with Crippen LogP contribution in [0.25, 0.3) is 11.3 Å². The van der Waals surface area contributed by atoms with E-state index in [4.69, 9.17) is 10.1 Å². The molecule has 1 fully saturated rings. The van der Waals surface area contributed by atoms with Gasteiger partial charge in [0.1, 0.15) is 11.4 Å². The number of halogens is 3. The Morgan fingerprint density at radius 1 is 1.00 bits per heavy atom. The Hall–Kier alpha value is -4.67. The van der Waals surface area contributed by atoms with Crippen LogP contribution in [0.5, 0.6) is 0 Å². The molecule has 8 nitrogen and oxygen atoms in total. The maximum absolute atomic E-state index is 13.7. The minimum absolute atomic E-state index is 0.149. The molecule has 0 bridgehead atoms. The van der Waals surface area contributed by atoms with Crippen molar-refractivity contribution in [3.05, 3.63) is 89.6 Å². The maximum atomic E-state index is 13.7. The number of amides is 1. The fraction of sp³-hybridized carbons (Fsp3) is 0.267. The van der Waals surface area contributed by atoms with Gasteiger partial charge >= 0.3 is 6.18 Å². The second-order valence-electron chi connectivity index (χ2n) is 10.6. The molecule has 4 heterocycles. The SMILES string of the molecule is CN1C(=O)c2c(Nc3ccccc3)nn(Cc3ccc(-c4ccc(C(F)(F)F)cn4)cc3)c2N2C1=NC1CCCC12. The van der Waals surface area contributed by atoms with E-state index in [1.165, 1.54) is 6.07 Å². The zero-order valence-electron chi connectivity index (χ0n) is 22.1. The van der Waals surface area contributed by atoms with Crippen LogP contribution in [0.1, 0.15) is 40.7 Å². The highest BCUT2D eigenvalue weighted by molar-refractivity contribution is 6.21. The Balaban J connectivity index is 1.25. The van der Waals surface area contributed by atoms with Crippen LogP contribution in [-0.2, 0) is 12.7 Å². The second kappa shape index (κ2) is 9.46. The predicted octanol–water partition coefficient (Wildman–Crippen LogP) is 5.94. The van der Waals surface area contributed by atoms with E-state index in [0.29, 0.717) is 35.1 Å². The van der Waals surface area contributed by atoms with E-state index in [1.54, 1.807) is 11.9 Å². The number of guanidine groups is 1. The second-order valence-corrected chi connectivity index (χ2v) is 10.6. The van der Waals surface area contributed by atoms with Crippen molar-refractivity contribution in [2.45, 2.75) is 44.1 Å². The van der Waals surface area contributed by atoms with Gasteiger partial charge in [0.05, 0.1) is 29.9 Å². The van der Waals surface area contributed by atoms with Crippen LogP contribution >= 0.6 is 0 Å². The van der Waals surface area contributed by atoms with Crippen molar-refractivity contribution in [3.8, 4) is 11.3 Å². The van der Waals surface area contributed by atoms with Gasteiger partial charge in [-0.3, -0.25) is 19.6 Å². The number of hydrogen-bond acceptors (Lipinski definition) is 6.